The van der Waals surface area contributed by atoms with Gasteiger partial charge in [0.1, 0.15) is 5.75 Å². The summed E-state index contributed by atoms with van der Waals surface area (Å²) in [6.45, 7) is 1.85. The molecule has 0 spiro atoms. The number of hydrogen-bond donors (Lipinski definition) is 0. The first-order valence-corrected chi connectivity index (χ1v) is 9.14. The van der Waals surface area contributed by atoms with Crippen molar-refractivity contribution in [2.45, 2.75) is 12.5 Å². The second-order valence-electron chi connectivity index (χ2n) is 6.66. The lowest BCUT2D eigenvalue weighted by molar-refractivity contribution is -0.143. The lowest BCUT2D eigenvalue weighted by atomic mass is 10.0. The van der Waals surface area contributed by atoms with Gasteiger partial charge in [0.2, 0.25) is 6.10 Å². The zero-order valence-electron chi connectivity index (χ0n) is 15.5. The van der Waals surface area contributed by atoms with Crippen molar-refractivity contribution in [1.82, 2.24) is 9.80 Å². The highest BCUT2D eigenvalue weighted by molar-refractivity contribution is 6.04. The standard InChI is InChI=1S/C20H21N3O5/c1-26-15-6-4-14(5-7-15)16-13-18(28-21-16)20(25)23-10-8-22(9-11-23)19(24)17-3-2-12-27-17/h2-7,12,18H,8-11,13H2,1H3/t18-/m0/s1. The molecule has 0 saturated carbocycles. The molecule has 0 radical (unpaired) electrons. The van der Waals surface area contributed by atoms with E-state index in [9.17, 15) is 9.59 Å². The number of benzene rings is 1. The van der Waals surface area contributed by atoms with E-state index in [4.69, 9.17) is 14.0 Å². The summed E-state index contributed by atoms with van der Waals surface area (Å²) in [7, 11) is 1.61. The SMILES string of the molecule is COc1ccc(C2=NO[C@H](C(=O)N3CCN(C(=O)c4ccco4)CC3)C2)cc1. The number of carbonyl (C=O) groups excluding carboxylic acids is 2. The van der Waals surface area contributed by atoms with E-state index in [-0.39, 0.29) is 11.8 Å². The van der Waals surface area contributed by atoms with E-state index in [1.807, 2.05) is 24.3 Å². The maximum atomic E-state index is 12.8. The molecule has 0 N–H and O–H groups in total. The fourth-order valence-corrected chi connectivity index (χ4v) is 3.35. The van der Waals surface area contributed by atoms with Crippen molar-refractivity contribution < 1.29 is 23.6 Å². The van der Waals surface area contributed by atoms with Crippen LogP contribution in [0.4, 0.5) is 0 Å². The highest BCUT2D eigenvalue weighted by Crippen LogP contribution is 2.21. The summed E-state index contributed by atoms with van der Waals surface area (Å²) in [6, 6.07) is 10.8. The van der Waals surface area contributed by atoms with Crippen molar-refractivity contribution in [2.24, 2.45) is 5.16 Å². The Morgan fingerprint density at radius 1 is 1.07 bits per heavy atom. The van der Waals surface area contributed by atoms with Crippen LogP contribution in [0.2, 0.25) is 0 Å². The Balaban J connectivity index is 1.31. The van der Waals surface area contributed by atoms with E-state index in [2.05, 4.69) is 5.16 Å². The van der Waals surface area contributed by atoms with E-state index < -0.39 is 6.10 Å². The average molecular weight is 383 g/mol. The Morgan fingerprint density at radius 2 is 1.79 bits per heavy atom. The molecule has 28 heavy (non-hydrogen) atoms. The van der Waals surface area contributed by atoms with Gasteiger partial charge >= 0.3 is 0 Å². The maximum Gasteiger partial charge on any atom is 0.289 e. The number of piperazine rings is 1. The van der Waals surface area contributed by atoms with Gasteiger partial charge in [-0.2, -0.15) is 0 Å². The Morgan fingerprint density at radius 3 is 2.43 bits per heavy atom. The number of methoxy groups -OCH3 is 1. The number of furan rings is 1. The fraction of sp³-hybridized carbons (Fsp3) is 0.350. The van der Waals surface area contributed by atoms with Gasteiger partial charge in [0.15, 0.2) is 5.76 Å². The Hall–Kier alpha value is -3.29. The summed E-state index contributed by atoms with van der Waals surface area (Å²) >= 11 is 0. The van der Waals surface area contributed by atoms with Crippen LogP contribution in [0.15, 0.2) is 52.2 Å². The number of oxime groups is 1. The lowest BCUT2D eigenvalue weighted by Crippen LogP contribution is -2.52. The van der Waals surface area contributed by atoms with Crippen LogP contribution in [0.5, 0.6) is 5.75 Å². The van der Waals surface area contributed by atoms with E-state index in [1.54, 1.807) is 29.0 Å². The molecule has 2 aromatic rings. The van der Waals surface area contributed by atoms with Crippen LogP contribution in [-0.4, -0.2) is 66.7 Å². The number of nitrogens with zero attached hydrogens (tertiary/aromatic N) is 3. The minimum Gasteiger partial charge on any atom is -0.497 e. The minimum atomic E-state index is -0.621. The first-order valence-electron chi connectivity index (χ1n) is 9.14. The molecular formula is C20H21N3O5. The molecule has 1 fully saturated rings. The molecule has 2 aliphatic rings. The van der Waals surface area contributed by atoms with Gasteiger partial charge < -0.3 is 23.8 Å². The monoisotopic (exact) mass is 383 g/mol. The highest BCUT2D eigenvalue weighted by atomic mass is 16.6. The van der Waals surface area contributed by atoms with Crippen LogP contribution in [-0.2, 0) is 9.63 Å². The molecule has 0 bridgehead atoms. The molecule has 1 aromatic heterocycles. The molecule has 0 unspecified atom stereocenters. The van der Waals surface area contributed by atoms with Gasteiger partial charge in [-0.3, -0.25) is 9.59 Å². The lowest BCUT2D eigenvalue weighted by Gasteiger charge is -2.35. The van der Waals surface area contributed by atoms with E-state index in [0.29, 0.717) is 38.4 Å². The van der Waals surface area contributed by atoms with Crippen molar-refractivity contribution in [3.05, 3.63) is 54.0 Å². The Kier molecular flexibility index (Phi) is 5.01. The second-order valence-corrected chi connectivity index (χ2v) is 6.66. The summed E-state index contributed by atoms with van der Waals surface area (Å²) in [5, 5.41) is 4.09. The van der Waals surface area contributed by atoms with Gasteiger partial charge in [0, 0.05) is 32.6 Å². The predicted molar refractivity (Wildman–Crippen MR) is 100 cm³/mol. The number of rotatable bonds is 4. The second kappa shape index (κ2) is 7.75. The molecule has 146 valence electrons. The van der Waals surface area contributed by atoms with Gasteiger partial charge in [-0.15, -0.1) is 0 Å². The van der Waals surface area contributed by atoms with Crippen LogP contribution in [0.3, 0.4) is 0 Å². The van der Waals surface area contributed by atoms with Crippen LogP contribution >= 0.6 is 0 Å². The number of amides is 2. The molecule has 8 heteroatoms. The van der Waals surface area contributed by atoms with Crippen LogP contribution in [0.1, 0.15) is 22.5 Å². The Bertz CT molecular complexity index is 868. The zero-order valence-corrected chi connectivity index (χ0v) is 15.5. The van der Waals surface area contributed by atoms with Crippen molar-refractivity contribution in [2.75, 3.05) is 33.3 Å². The van der Waals surface area contributed by atoms with E-state index >= 15 is 0 Å². The normalized spacial score (nSPS) is 19.2. The van der Waals surface area contributed by atoms with E-state index in [0.717, 1.165) is 17.0 Å². The van der Waals surface area contributed by atoms with Crippen molar-refractivity contribution in [1.29, 1.82) is 0 Å². The summed E-state index contributed by atoms with van der Waals surface area (Å²) in [6.07, 6.45) is 1.28. The number of ether oxygens (including phenoxy) is 1. The molecule has 1 saturated heterocycles. The average Bonchev–Trinajstić information content (AvgIpc) is 3.45. The van der Waals surface area contributed by atoms with Gasteiger partial charge in [-0.05, 0) is 42.0 Å². The Labute approximate surface area is 162 Å². The first-order chi connectivity index (χ1) is 13.7. The quantitative estimate of drug-likeness (QED) is 0.803. The van der Waals surface area contributed by atoms with Gasteiger partial charge in [-0.1, -0.05) is 5.16 Å². The smallest absolute Gasteiger partial charge is 0.289 e. The fourth-order valence-electron chi connectivity index (χ4n) is 3.35. The van der Waals surface area contributed by atoms with Crippen molar-refractivity contribution in [3.8, 4) is 5.75 Å². The number of hydrogen-bond acceptors (Lipinski definition) is 6. The molecule has 1 atom stereocenters. The molecular weight excluding hydrogens is 362 g/mol. The summed E-state index contributed by atoms with van der Waals surface area (Å²) < 4.78 is 10.3. The molecule has 1 aromatic carbocycles. The van der Waals surface area contributed by atoms with Crippen LogP contribution < -0.4 is 4.74 Å². The zero-order chi connectivity index (χ0) is 19.5. The molecule has 4 rings (SSSR count). The van der Waals surface area contributed by atoms with Crippen molar-refractivity contribution in [3.63, 3.8) is 0 Å². The van der Waals surface area contributed by atoms with Crippen LogP contribution in [0.25, 0.3) is 0 Å². The van der Waals surface area contributed by atoms with Gasteiger partial charge in [0.25, 0.3) is 11.8 Å². The summed E-state index contributed by atoms with van der Waals surface area (Å²) in [5.74, 6) is 0.825. The molecule has 0 aliphatic carbocycles. The number of carbonyl (C=O) groups is 2. The third kappa shape index (κ3) is 3.58. The highest BCUT2D eigenvalue weighted by Gasteiger charge is 2.34. The molecule has 2 aliphatic heterocycles. The van der Waals surface area contributed by atoms with E-state index in [1.165, 1.54) is 6.26 Å². The largest absolute Gasteiger partial charge is 0.497 e. The summed E-state index contributed by atoms with van der Waals surface area (Å²) in [4.78, 5) is 33.9. The van der Waals surface area contributed by atoms with Crippen LogP contribution in [0, 0.1) is 0 Å². The maximum absolute atomic E-state index is 12.8. The molecule has 2 amide bonds. The third-order valence-corrected chi connectivity index (χ3v) is 4.98. The molecule has 3 heterocycles. The topological polar surface area (TPSA) is 84.6 Å². The van der Waals surface area contributed by atoms with Gasteiger partial charge in [-0.25, -0.2) is 0 Å². The minimum absolute atomic E-state index is 0.0997. The third-order valence-electron chi connectivity index (χ3n) is 4.98. The summed E-state index contributed by atoms with van der Waals surface area (Å²) in [5.41, 5.74) is 1.65. The predicted octanol–water partition coefficient (Wildman–Crippen LogP) is 1.77. The van der Waals surface area contributed by atoms with Crippen molar-refractivity contribution >= 4 is 17.5 Å². The van der Waals surface area contributed by atoms with Gasteiger partial charge in [0.05, 0.1) is 19.1 Å². The first kappa shape index (κ1) is 18.1. The molecule has 8 nitrogen and oxygen atoms in total.